The zero-order chi connectivity index (χ0) is 22.8. The molecule has 2 aromatic rings. The largest absolute Gasteiger partial charge is 0.490 e. The monoisotopic (exact) mass is 424 g/mol. The molecule has 6 heteroatoms. The van der Waals surface area contributed by atoms with E-state index in [9.17, 15) is 9.59 Å². The molecule has 0 fully saturated rings. The Bertz CT molecular complexity index is 928. The van der Waals surface area contributed by atoms with Crippen LogP contribution in [0.1, 0.15) is 42.5 Å². The highest BCUT2D eigenvalue weighted by Gasteiger charge is 2.09. The second-order valence-electron chi connectivity index (χ2n) is 7.36. The van der Waals surface area contributed by atoms with Gasteiger partial charge in [0.05, 0.1) is 19.8 Å². The van der Waals surface area contributed by atoms with Crippen molar-refractivity contribution in [3.63, 3.8) is 0 Å². The van der Waals surface area contributed by atoms with E-state index in [4.69, 9.17) is 9.47 Å². The molecule has 6 nitrogen and oxygen atoms in total. The summed E-state index contributed by atoms with van der Waals surface area (Å²) in [7, 11) is 0. The normalized spacial score (nSPS) is 10.7. The number of nitrogens with one attached hydrogen (secondary N) is 2. The first-order valence-corrected chi connectivity index (χ1v) is 10.6. The summed E-state index contributed by atoms with van der Waals surface area (Å²) in [5.41, 5.74) is 4.72. The molecular formula is C25H32N2O4. The van der Waals surface area contributed by atoms with Crippen molar-refractivity contribution in [1.82, 2.24) is 5.32 Å². The van der Waals surface area contributed by atoms with Gasteiger partial charge in [-0.2, -0.15) is 0 Å². The van der Waals surface area contributed by atoms with Gasteiger partial charge in [-0.25, -0.2) is 0 Å². The van der Waals surface area contributed by atoms with Crippen LogP contribution in [0, 0.1) is 20.8 Å². The minimum atomic E-state index is -0.350. The van der Waals surface area contributed by atoms with Crippen LogP contribution in [0.3, 0.4) is 0 Å². The molecule has 31 heavy (non-hydrogen) atoms. The van der Waals surface area contributed by atoms with Crippen molar-refractivity contribution >= 4 is 23.6 Å². The smallest absolute Gasteiger partial charge is 0.244 e. The maximum Gasteiger partial charge on any atom is 0.244 e. The first-order chi connectivity index (χ1) is 14.8. The van der Waals surface area contributed by atoms with Gasteiger partial charge in [-0.3, -0.25) is 9.59 Å². The van der Waals surface area contributed by atoms with Crippen LogP contribution in [0.4, 0.5) is 5.69 Å². The first kappa shape index (κ1) is 24.0. The third kappa shape index (κ3) is 7.48. The second kappa shape index (κ2) is 11.8. The molecule has 166 valence electrons. The van der Waals surface area contributed by atoms with Crippen LogP contribution in [-0.2, 0) is 9.59 Å². The molecule has 0 atom stereocenters. The van der Waals surface area contributed by atoms with E-state index in [0.29, 0.717) is 24.7 Å². The molecule has 0 heterocycles. The fourth-order valence-electron chi connectivity index (χ4n) is 3.19. The van der Waals surface area contributed by atoms with E-state index in [0.717, 1.165) is 34.4 Å². The van der Waals surface area contributed by atoms with Crippen molar-refractivity contribution in [3.8, 4) is 11.5 Å². The molecule has 0 saturated heterocycles. The van der Waals surface area contributed by atoms with Crippen LogP contribution in [0.25, 0.3) is 6.08 Å². The number of carbonyl (C=O) groups is 2. The average molecular weight is 425 g/mol. The summed E-state index contributed by atoms with van der Waals surface area (Å²) in [6.07, 6.45) is 3.98. The van der Waals surface area contributed by atoms with E-state index in [1.165, 1.54) is 6.08 Å². The SMILES string of the molecule is CCCOc1ccc(C=CC(=O)NCC(=O)Nc2c(C)cc(C)cc2C)cc1OCC. The molecule has 0 unspecified atom stereocenters. The number of hydrogen-bond donors (Lipinski definition) is 2. The van der Waals surface area contributed by atoms with Gasteiger partial charge in [0.15, 0.2) is 11.5 Å². The maximum atomic E-state index is 12.2. The summed E-state index contributed by atoms with van der Waals surface area (Å²) in [4.78, 5) is 24.4. The molecule has 0 saturated carbocycles. The van der Waals surface area contributed by atoms with Crippen LogP contribution in [0.5, 0.6) is 11.5 Å². The standard InChI is InChI=1S/C25H32N2O4/c1-6-12-31-21-10-8-20(15-22(21)30-7-2)9-11-23(28)26-16-24(29)27-25-18(4)13-17(3)14-19(25)5/h8-11,13-15H,6-7,12,16H2,1-5H3,(H,26,28)(H,27,29). The molecule has 0 aliphatic heterocycles. The zero-order valence-electron chi connectivity index (χ0n) is 19.0. The fourth-order valence-corrected chi connectivity index (χ4v) is 3.19. The van der Waals surface area contributed by atoms with E-state index >= 15 is 0 Å². The topological polar surface area (TPSA) is 76.7 Å². The van der Waals surface area contributed by atoms with Crippen molar-refractivity contribution in [1.29, 1.82) is 0 Å². The number of rotatable bonds is 10. The summed E-state index contributed by atoms with van der Waals surface area (Å²) >= 11 is 0. The van der Waals surface area contributed by atoms with Gasteiger partial charge in [0.1, 0.15) is 0 Å². The molecule has 0 aliphatic rings. The van der Waals surface area contributed by atoms with Crippen LogP contribution >= 0.6 is 0 Å². The van der Waals surface area contributed by atoms with Crippen LogP contribution in [0.15, 0.2) is 36.4 Å². The molecule has 2 amide bonds. The minimum absolute atomic E-state index is 0.107. The molecule has 0 aromatic heterocycles. The molecule has 0 spiro atoms. The lowest BCUT2D eigenvalue weighted by Crippen LogP contribution is -2.32. The molecule has 0 aliphatic carbocycles. The number of anilines is 1. The lowest BCUT2D eigenvalue weighted by atomic mass is 10.1. The van der Waals surface area contributed by atoms with E-state index < -0.39 is 0 Å². The van der Waals surface area contributed by atoms with Crippen molar-refractivity contribution in [2.24, 2.45) is 0 Å². The molecule has 2 rings (SSSR count). The van der Waals surface area contributed by atoms with Gasteiger partial charge < -0.3 is 20.1 Å². The summed E-state index contributed by atoms with van der Waals surface area (Å²) < 4.78 is 11.3. The Kier molecular flexibility index (Phi) is 9.13. The highest BCUT2D eigenvalue weighted by molar-refractivity contribution is 5.98. The van der Waals surface area contributed by atoms with Crippen LogP contribution < -0.4 is 20.1 Å². The molecule has 0 bridgehead atoms. The summed E-state index contributed by atoms with van der Waals surface area (Å²) in [5, 5.41) is 5.48. The van der Waals surface area contributed by atoms with Crippen LogP contribution in [-0.4, -0.2) is 31.6 Å². The van der Waals surface area contributed by atoms with Crippen molar-refractivity contribution in [3.05, 3.63) is 58.7 Å². The van der Waals surface area contributed by atoms with Gasteiger partial charge in [0.2, 0.25) is 11.8 Å². The summed E-state index contributed by atoms with van der Waals surface area (Å²) in [6.45, 7) is 10.9. The number of hydrogen-bond acceptors (Lipinski definition) is 4. The first-order valence-electron chi connectivity index (χ1n) is 10.6. The fraction of sp³-hybridized carbons (Fsp3) is 0.360. The quantitative estimate of drug-likeness (QED) is 0.548. The highest BCUT2D eigenvalue weighted by atomic mass is 16.5. The Labute approximate surface area is 184 Å². The Morgan fingerprint density at radius 1 is 0.968 bits per heavy atom. The number of amides is 2. The van der Waals surface area contributed by atoms with Crippen LogP contribution in [0.2, 0.25) is 0 Å². The zero-order valence-corrected chi connectivity index (χ0v) is 19.0. The third-order valence-corrected chi connectivity index (χ3v) is 4.52. The van der Waals surface area contributed by atoms with Gasteiger partial charge in [-0.15, -0.1) is 0 Å². The van der Waals surface area contributed by atoms with E-state index in [2.05, 4.69) is 10.6 Å². The van der Waals surface area contributed by atoms with Gasteiger partial charge >= 0.3 is 0 Å². The Morgan fingerprint density at radius 2 is 1.68 bits per heavy atom. The van der Waals surface area contributed by atoms with Gasteiger partial charge in [0, 0.05) is 11.8 Å². The minimum Gasteiger partial charge on any atom is -0.490 e. The lowest BCUT2D eigenvalue weighted by molar-refractivity contribution is -0.121. The third-order valence-electron chi connectivity index (χ3n) is 4.52. The predicted octanol–water partition coefficient (Wildman–Crippen LogP) is 4.57. The Morgan fingerprint density at radius 3 is 2.32 bits per heavy atom. The Balaban J connectivity index is 1.93. The number of carbonyl (C=O) groups excluding carboxylic acids is 2. The maximum absolute atomic E-state index is 12.2. The molecular weight excluding hydrogens is 392 g/mol. The van der Waals surface area contributed by atoms with Crippen molar-refractivity contribution in [2.75, 3.05) is 25.1 Å². The van der Waals surface area contributed by atoms with Gasteiger partial charge in [0.25, 0.3) is 0 Å². The van der Waals surface area contributed by atoms with Gasteiger partial charge in [-0.1, -0.05) is 30.7 Å². The van der Waals surface area contributed by atoms with Gasteiger partial charge in [-0.05, 0) is 69.0 Å². The number of ether oxygens (including phenoxy) is 2. The van der Waals surface area contributed by atoms with E-state index in [1.807, 2.05) is 65.0 Å². The van der Waals surface area contributed by atoms with E-state index in [-0.39, 0.29) is 18.4 Å². The lowest BCUT2D eigenvalue weighted by Gasteiger charge is -2.13. The average Bonchev–Trinajstić information content (AvgIpc) is 2.72. The molecule has 2 N–H and O–H groups in total. The Hall–Kier alpha value is -3.28. The van der Waals surface area contributed by atoms with Crippen molar-refractivity contribution in [2.45, 2.75) is 41.0 Å². The number of aryl methyl sites for hydroxylation is 3. The second-order valence-corrected chi connectivity index (χ2v) is 7.36. The molecule has 0 radical (unpaired) electrons. The highest BCUT2D eigenvalue weighted by Crippen LogP contribution is 2.29. The van der Waals surface area contributed by atoms with E-state index in [1.54, 1.807) is 6.08 Å². The molecule has 2 aromatic carbocycles. The predicted molar refractivity (Wildman–Crippen MR) is 125 cm³/mol. The number of benzene rings is 2. The van der Waals surface area contributed by atoms with Crippen molar-refractivity contribution < 1.29 is 19.1 Å². The summed E-state index contributed by atoms with van der Waals surface area (Å²) in [5.74, 6) is 0.704. The summed E-state index contributed by atoms with van der Waals surface area (Å²) in [6, 6.07) is 9.54.